The quantitative estimate of drug-likeness (QED) is 0.643. The maximum atomic E-state index is 13.6. The van der Waals surface area contributed by atoms with E-state index in [1.54, 1.807) is 0 Å². The predicted molar refractivity (Wildman–Crippen MR) is 110 cm³/mol. The van der Waals surface area contributed by atoms with Crippen LogP contribution in [-0.2, 0) is 6.42 Å². The number of hydrogen-bond donors (Lipinski definition) is 1. The fourth-order valence-electron chi connectivity index (χ4n) is 3.99. The molecule has 1 fully saturated rings. The second-order valence-corrected chi connectivity index (χ2v) is 7.87. The third kappa shape index (κ3) is 2.85. The fourth-order valence-corrected chi connectivity index (χ4v) is 4.16. The van der Waals surface area contributed by atoms with E-state index in [0.717, 1.165) is 59.2 Å². The summed E-state index contributed by atoms with van der Waals surface area (Å²) in [6, 6.07) is 13.4. The molecule has 2 aromatic carbocycles. The van der Waals surface area contributed by atoms with E-state index in [2.05, 4.69) is 0 Å². The first-order chi connectivity index (χ1) is 13.1. The second kappa shape index (κ2) is 6.24. The zero-order valence-electron chi connectivity index (χ0n) is 14.9. The molecule has 0 unspecified atom stereocenters. The number of amides is 1. The highest BCUT2D eigenvalue weighted by Gasteiger charge is 2.30. The molecule has 0 spiro atoms. The minimum Gasteiger partial charge on any atom is -0.398 e. The number of halogens is 1. The number of fused-ring (bicyclic) bond motifs is 2. The van der Waals surface area contributed by atoms with Crippen LogP contribution in [0.5, 0.6) is 0 Å². The van der Waals surface area contributed by atoms with E-state index in [9.17, 15) is 4.79 Å². The molecule has 27 heavy (non-hydrogen) atoms. The summed E-state index contributed by atoms with van der Waals surface area (Å²) in [7, 11) is 0. The topological polar surface area (TPSA) is 59.2 Å². The van der Waals surface area contributed by atoms with Crippen molar-refractivity contribution in [3.8, 4) is 0 Å². The monoisotopic (exact) mass is 377 g/mol. The Morgan fingerprint density at radius 1 is 1.19 bits per heavy atom. The van der Waals surface area contributed by atoms with Crippen LogP contribution in [-0.4, -0.2) is 17.4 Å². The summed E-state index contributed by atoms with van der Waals surface area (Å²) >= 11 is 6.23. The molecule has 1 aromatic heterocycles. The van der Waals surface area contributed by atoms with Gasteiger partial charge in [0.25, 0.3) is 5.91 Å². The van der Waals surface area contributed by atoms with Gasteiger partial charge in [0.05, 0.1) is 11.1 Å². The molecule has 4 nitrogen and oxygen atoms in total. The Morgan fingerprint density at radius 3 is 2.85 bits per heavy atom. The maximum Gasteiger partial charge on any atom is 0.259 e. The Kier molecular flexibility index (Phi) is 3.83. The fraction of sp³-hybridized carbons (Fsp3) is 0.273. The van der Waals surface area contributed by atoms with E-state index in [0.29, 0.717) is 23.0 Å². The Balaban J connectivity index is 1.67. The molecule has 0 radical (unpaired) electrons. The Morgan fingerprint density at radius 2 is 2.04 bits per heavy atom. The van der Waals surface area contributed by atoms with Crippen LogP contribution in [0.1, 0.15) is 46.8 Å². The zero-order chi connectivity index (χ0) is 18.5. The number of benzene rings is 2. The van der Waals surface area contributed by atoms with Crippen LogP contribution in [0.15, 0.2) is 42.5 Å². The van der Waals surface area contributed by atoms with Gasteiger partial charge < -0.3 is 10.6 Å². The number of anilines is 2. The van der Waals surface area contributed by atoms with Gasteiger partial charge in [0.2, 0.25) is 0 Å². The molecule has 5 rings (SSSR count). The van der Waals surface area contributed by atoms with Crippen molar-refractivity contribution in [2.45, 2.75) is 31.6 Å². The predicted octanol–water partition coefficient (Wildman–Crippen LogP) is 4.94. The van der Waals surface area contributed by atoms with Crippen molar-refractivity contribution < 1.29 is 4.79 Å². The van der Waals surface area contributed by atoms with Crippen LogP contribution in [0.3, 0.4) is 0 Å². The van der Waals surface area contributed by atoms with Gasteiger partial charge in [-0.2, -0.15) is 0 Å². The maximum absolute atomic E-state index is 13.6. The lowest BCUT2D eigenvalue weighted by atomic mass is 9.98. The Labute approximate surface area is 162 Å². The van der Waals surface area contributed by atoms with E-state index in [-0.39, 0.29) is 5.91 Å². The number of hydrogen-bond acceptors (Lipinski definition) is 3. The first-order valence-corrected chi connectivity index (χ1v) is 9.79. The van der Waals surface area contributed by atoms with Crippen molar-refractivity contribution >= 4 is 39.8 Å². The summed E-state index contributed by atoms with van der Waals surface area (Å²) in [5, 5.41) is 1.42. The van der Waals surface area contributed by atoms with Gasteiger partial charge in [-0.15, -0.1) is 0 Å². The van der Waals surface area contributed by atoms with Gasteiger partial charge in [-0.1, -0.05) is 17.7 Å². The lowest BCUT2D eigenvalue weighted by Crippen LogP contribution is -2.36. The van der Waals surface area contributed by atoms with Crippen LogP contribution in [0, 0.1) is 0 Å². The molecule has 0 bridgehead atoms. The van der Waals surface area contributed by atoms with Crippen molar-refractivity contribution in [1.82, 2.24) is 4.98 Å². The first-order valence-electron chi connectivity index (χ1n) is 9.41. The molecule has 1 amide bonds. The summed E-state index contributed by atoms with van der Waals surface area (Å²) in [6.45, 7) is 0.693. The molecule has 0 saturated heterocycles. The molecule has 3 aromatic rings. The zero-order valence-corrected chi connectivity index (χ0v) is 15.7. The van der Waals surface area contributed by atoms with Gasteiger partial charge in [-0.05, 0) is 67.6 Å². The number of nitrogens with zero attached hydrogens (tertiary/aromatic N) is 2. The van der Waals surface area contributed by atoms with E-state index >= 15 is 0 Å². The minimum absolute atomic E-state index is 0.00174. The first kappa shape index (κ1) is 16.6. The van der Waals surface area contributed by atoms with Crippen LogP contribution in [0.4, 0.5) is 11.4 Å². The standard InChI is InChI=1S/C22H20ClN3O/c23-14-8-9-19-16(11-14)17(12-20(25-19)13-6-7-13)22(27)26-10-2-3-15-18(24)4-1-5-21(15)26/h1,4-5,8-9,11-13H,2-3,6-7,10,24H2. The van der Waals surface area contributed by atoms with E-state index < -0.39 is 0 Å². The molecule has 1 saturated carbocycles. The number of carbonyl (C=O) groups excluding carboxylic acids is 1. The normalized spacial score (nSPS) is 16.4. The lowest BCUT2D eigenvalue weighted by molar-refractivity contribution is 0.0986. The third-order valence-corrected chi connectivity index (χ3v) is 5.78. The van der Waals surface area contributed by atoms with Crippen molar-refractivity contribution in [3.63, 3.8) is 0 Å². The van der Waals surface area contributed by atoms with Crippen LogP contribution < -0.4 is 10.6 Å². The van der Waals surface area contributed by atoms with E-state index in [1.165, 1.54) is 0 Å². The third-order valence-electron chi connectivity index (χ3n) is 5.55. The SMILES string of the molecule is Nc1cccc2c1CCCN2C(=O)c1cc(C2CC2)nc2ccc(Cl)cc12. The summed E-state index contributed by atoms with van der Waals surface area (Å²) in [4.78, 5) is 20.2. The van der Waals surface area contributed by atoms with Gasteiger partial charge in [0.1, 0.15) is 0 Å². The van der Waals surface area contributed by atoms with Crippen molar-refractivity contribution in [2.24, 2.45) is 0 Å². The van der Waals surface area contributed by atoms with Gasteiger partial charge in [0.15, 0.2) is 0 Å². The summed E-state index contributed by atoms with van der Waals surface area (Å²) < 4.78 is 0. The van der Waals surface area contributed by atoms with Crippen LogP contribution in [0.2, 0.25) is 5.02 Å². The molecule has 5 heteroatoms. The number of aromatic nitrogens is 1. The molecule has 1 aliphatic heterocycles. The molecular formula is C22H20ClN3O. The van der Waals surface area contributed by atoms with Crippen molar-refractivity contribution in [2.75, 3.05) is 17.2 Å². The molecule has 1 aliphatic carbocycles. The smallest absolute Gasteiger partial charge is 0.259 e. The van der Waals surface area contributed by atoms with Gasteiger partial charge in [-0.3, -0.25) is 9.78 Å². The highest BCUT2D eigenvalue weighted by Crippen LogP contribution is 2.41. The van der Waals surface area contributed by atoms with Gasteiger partial charge >= 0.3 is 0 Å². The number of pyridine rings is 1. The van der Waals surface area contributed by atoms with E-state index in [1.807, 2.05) is 47.4 Å². The molecule has 2 N–H and O–H groups in total. The summed E-state index contributed by atoms with van der Waals surface area (Å²) in [5.74, 6) is 0.471. The highest BCUT2D eigenvalue weighted by atomic mass is 35.5. The van der Waals surface area contributed by atoms with Crippen molar-refractivity contribution in [3.05, 3.63) is 64.3 Å². The number of nitrogens with two attached hydrogens (primary N) is 1. The van der Waals surface area contributed by atoms with Crippen LogP contribution >= 0.6 is 11.6 Å². The molecule has 136 valence electrons. The molecule has 2 aliphatic rings. The Bertz CT molecular complexity index is 1070. The molecule has 0 atom stereocenters. The average molecular weight is 378 g/mol. The van der Waals surface area contributed by atoms with Gasteiger partial charge in [-0.25, -0.2) is 0 Å². The number of nitrogen functional groups attached to an aromatic ring is 1. The number of rotatable bonds is 2. The van der Waals surface area contributed by atoms with Crippen molar-refractivity contribution in [1.29, 1.82) is 0 Å². The summed E-state index contributed by atoms with van der Waals surface area (Å²) in [5.41, 5.74) is 11.4. The van der Waals surface area contributed by atoms with Gasteiger partial charge in [0, 0.05) is 39.9 Å². The minimum atomic E-state index is -0.00174. The second-order valence-electron chi connectivity index (χ2n) is 7.44. The lowest BCUT2D eigenvalue weighted by Gasteiger charge is -2.30. The number of carbonyl (C=O) groups is 1. The largest absolute Gasteiger partial charge is 0.398 e. The Hall–Kier alpha value is -2.59. The van der Waals surface area contributed by atoms with E-state index in [4.69, 9.17) is 22.3 Å². The molecule has 2 heterocycles. The molecular weight excluding hydrogens is 358 g/mol. The highest BCUT2D eigenvalue weighted by molar-refractivity contribution is 6.31. The summed E-state index contributed by atoms with van der Waals surface area (Å²) in [6.07, 6.45) is 4.10. The van der Waals surface area contributed by atoms with Crippen LogP contribution in [0.25, 0.3) is 10.9 Å². The average Bonchev–Trinajstić information content (AvgIpc) is 3.52.